The van der Waals surface area contributed by atoms with Crippen molar-refractivity contribution >= 4 is 8.32 Å². The predicted molar refractivity (Wildman–Crippen MR) is 80.1 cm³/mol. The van der Waals surface area contributed by atoms with Crippen molar-refractivity contribution in [3.63, 3.8) is 0 Å². The summed E-state index contributed by atoms with van der Waals surface area (Å²) in [6.07, 6.45) is 7.69. The molecule has 1 aromatic carbocycles. The molecular weight excluding hydrogens is 236 g/mol. The topological polar surface area (TPSA) is 9.23 Å². The Morgan fingerprint density at radius 2 is 1.78 bits per heavy atom. The van der Waals surface area contributed by atoms with Gasteiger partial charge in [0.1, 0.15) is 5.60 Å². The number of benzene rings is 1. The highest BCUT2D eigenvalue weighted by molar-refractivity contribution is 6.69. The zero-order valence-electron chi connectivity index (χ0n) is 11.7. The summed E-state index contributed by atoms with van der Waals surface area (Å²) in [4.78, 5) is 0. The summed E-state index contributed by atoms with van der Waals surface area (Å²) in [5.41, 5.74) is 2.22. The standard InChI is InChI=1S/C16H22OSi/c1-16(17-18(2,3)4,15-12-8-9-13-15)14-10-6-5-7-11-14/h5-8,10-13H,9H2,1-4H3. The first-order valence-electron chi connectivity index (χ1n) is 6.55. The molecule has 0 bridgehead atoms. The highest BCUT2D eigenvalue weighted by atomic mass is 28.4. The van der Waals surface area contributed by atoms with Crippen LogP contribution in [0.3, 0.4) is 0 Å². The number of hydrogen-bond donors (Lipinski definition) is 0. The number of allylic oxidation sites excluding steroid dienone is 2. The summed E-state index contributed by atoms with van der Waals surface area (Å²) in [6, 6.07) is 10.5. The Hall–Kier alpha value is -1.12. The minimum absolute atomic E-state index is 0.307. The van der Waals surface area contributed by atoms with E-state index in [4.69, 9.17) is 4.43 Å². The fraction of sp³-hybridized carbons (Fsp3) is 0.375. The first kappa shape index (κ1) is 13.3. The van der Waals surface area contributed by atoms with Gasteiger partial charge < -0.3 is 4.43 Å². The van der Waals surface area contributed by atoms with E-state index in [0.29, 0.717) is 0 Å². The fourth-order valence-corrected chi connectivity index (χ4v) is 3.93. The molecule has 0 aliphatic heterocycles. The SMILES string of the molecule is CC(O[Si](C)(C)C)(C1=CCC=C1)c1ccccc1. The zero-order chi connectivity index (χ0) is 13.2. The Kier molecular flexibility index (Phi) is 3.60. The van der Waals surface area contributed by atoms with Crippen LogP contribution in [-0.4, -0.2) is 8.32 Å². The first-order chi connectivity index (χ1) is 8.42. The average molecular weight is 258 g/mol. The number of rotatable bonds is 4. The molecule has 1 aliphatic rings. The lowest BCUT2D eigenvalue weighted by Gasteiger charge is -2.37. The minimum atomic E-state index is -1.62. The fourth-order valence-electron chi connectivity index (χ4n) is 2.46. The molecule has 0 aromatic heterocycles. The van der Waals surface area contributed by atoms with Gasteiger partial charge in [-0.15, -0.1) is 0 Å². The zero-order valence-corrected chi connectivity index (χ0v) is 12.7. The van der Waals surface area contributed by atoms with Gasteiger partial charge in [-0.05, 0) is 44.1 Å². The quantitative estimate of drug-likeness (QED) is 0.715. The van der Waals surface area contributed by atoms with E-state index < -0.39 is 8.32 Å². The monoisotopic (exact) mass is 258 g/mol. The van der Waals surface area contributed by atoms with Crippen molar-refractivity contribution in [1.82, 2.24) is 0 Å². The van der Waals surface area contributed by atoms with Crippen molar-refractivity contribution in [2.24, 2.45) is 0 Å². The smallest absolute Gasteiger partial charge is 0.185 e. The molecule has 96 valence electrons. The van der Waals surface area contributed by atoms with Gasteiger partial charge in [0.05, 0.1) is 0 Å². The summed E-state index contributed by atoms with van der Waals surface area (Å²) < 4.78 is 6.51. The summed E-state index contributed by atoms with van der Waals surface area (Å²) >= 11 is 0. The van der Waals surface area contributed by atoms with E-state index in [0.717, 1.165) is 6.42 Å². The largest absolute Gasteiger partial charge is 0.404 e. The van der Waals surface area contributed by atoms with Crippen LogP contribution in [-0.2, 0) is 10.0 Å². The van der Waals surface area contributed by atoms with E-state index in [1.54, 1.807) is 0 Å². The average Bonchev–Trinajstić information content (AvgIpc) is 2.82. The van der Waals surface area contributed by atoms with E-state index in [1.807, 2.05) is 0 Å². The summed E-state index contributed by atoms with van der Waals surface area (Å²) in [5, 5.41) is 0. The molecule has 0 radical (unpaired) electrons. The molecule has 0 heterocycles. The van der Waals surface area contributed by atoms with E-state index in [1.165, 1.54) is 11.1 Å². The minimum Gasteiger partial charge on any atom is -0.404 e. The van der Waals surface area contributed by atoms with Gasteiger partial charge in [0.25, 0.3) is 0 Å². The molecule has 2 rings (SSSR count). The first-order valence-corrected chi connectivity index (χ1v) is 9.95. The third-order valence-electron chi connectivity index (χ3n) is 3.16. The van der Waals surface area contributed by atoms with E-state index >= 15 is 0 Å². The van der Waals surface area contributed by atoms with Crippen LogP contribution in [0.4, 0.5) is 0 Å². The Bertz CT molecular complexity index is 468. The molecule has 1 atom stereocenters. The van der Waals surface area contributed by atoms with Crippen LogP contribution in [0.25, 0.3) is 0 Å². The predicted octanol–water partition coefficient (Wildman–Crippen LogP) is 4.64. The maximum atomic E-state index is 6.51. The van der Waals surface area contributed by atoms with Gasteiger partial charge in [0.2, 0.25) is 0 Å². The van der Waals surface area contributed by atoms with E-state index in [2.05, 4.69) is 75.1 Å². The third kappa shape index (κ3) is 2.82. The van der Waals surface area contributed by atoms with Crippen molar-refractivity contribution in [2.75, 3.05) is 0 Å². The second-order valence-corrected chi connectivity index (χ2v) is 10.3. The Morgan fingerprint density at radius 1 is 1.11 bits per heavy atom. The van der Waals surface area contributed by atoms with Gasteiger partial charge >= 0.3 is 0 Å². The van der Waals surface area contributed by atoms with Gasteiger partial charge in [0.15, 0.2) is 8.32 Å². The Labute approximate surface area is 111 Å². The molecule has 0 fully saturated rings. The van der Waals surface area contributed by atoms with E-state index in [9.17, 15) is 0 Å². The van der Waals surface area contributed by atoms with Crippen molar-refractivity contribution in [1.29, 1.82) is 0 Å². The maximum Gasteiger partial charge on any atom is 0.185 e. The molecule has 1 unspecified atom stereocenters. The maximum absolute atomic E-state index is 6.51. The second kappa shape index (κ2) is 4.86. The Balaban J connectivity index is 2.43. The van der Waals surface area contributed by atoms with Crippen LogP contribution < -0.4 is 0 Å². The Morgan fingerprint density at radius 3 is 2.28 bits per heavy atom. The van der Waals surface area contributed by atoms with Gasteiger partial charge in [-0.3, -0.25) is 0 Å². The third-order valence-corrected chi connectivity index (χ3v) is 4.18. The van der Waals surface area contributed by atoms with Crippen LogP contribution in [0.15, 0.2) is 54.1 Å². The van der Waals surface area contributed by atoms with Crippen LogP contribution in [0, 0.1) is 0 Å². The molecule has 0 spiro atoms. The molecule has 1 aliphatic carbocycles. The lowest BCUT2D eigenvalue weighted by molar-refractivity contribution is 0.123. The highest BCUT2D eigenvalue weighted by Gasteiger charge is 2.36. The van der Waals surface area contributed by atoms with Crippen LogP contribution in [0.5, 0.6) is 0 Å². The molecule has 0 saturated heterocycles. The summed E-state index contributed by atoms with van der Waals surface area (Å²) in [7, 11) is -1.62. The summed E-state index contributed by atoms with van der Waals surface area (Å²) in [5.74, 6) is 0. The normalized spacial score (nSPS) is 18.6. The second-order valence-electron chi connectivity index (χ2n) is 5.91. The van der Waals surface area contributed by atoms with Crippen molar-refractivity contribution in [3.05, 3.63) is 59.7 Å². The molecule has 0 saturated carbocycles. The highest BCUT2D eigenvalue weighted by Crippen LogP contribution is 2.38. The molecule has 18 heavy (non-hydrogen) atoms. The molecule has 0 N–H and O–H groups in total. The van der Waals surface area contributed by atoms with Crippen molar-refractivity contribution < 1.29 is 4.43 Å². The molecule has 2 heteroatoms. The lowest BCUT2D eigenvalue weighted by Crippen LogP contribution is -2.39. The molecule has 0 amide bonds. The lowest BCUT2D eigenvalue weighted by atomic mass is 9.88. The summed E-state index contributed by atoms with van der Waals surface area (Å²) in [6.45, 7) is 8.93. The van der Waals surface area contributed by atoms with Gasteiger partial charge in [0, 0.05) is 0 Å². The van der Waals surface area contributed by atoms with Crippen LogP contribution >= 0.6 is 0 Å². The van der Waals surface area contributed by atoms with E-state index in [-0.39, 0.29) is 5.60 Å². The van der Waals surface area contributed by atoms with Crippen molar-refractivity contribution in [2.45, 2.75) is 38.6 Å². The van der Waals surface area contributed by atoms with Crippen LogP contribution in [0.1, 0.15) is 18.9 Å². The molecule has 1 aromatic rings. The van der Waals surface area contributed by atoms with Crippen molar-refractivity contribution in [3.8, 4) is 0 Å². The van der Waals surface area contributed by atoms with Crippen LogP contribution in [0.2, 0.25) is 19.6 Å². The number of hydrogen-bond acceptors (Lipinski definition) is 1. The molecule has 1 nitrogen and oxygen atoms in total. The van der Waals surface area contributed by atoms with Gasteiger partial charge in [-0.1, -0.05) is 48.6 Å². The van der Waals surface area contributed by atoms with Gasteiger partial charge in [-0.2, -0.15) is 0 Å². The molecular formula is C16H22OSi. The van der Waals surface area contributed by atoms with Gasteiger partial charge in [-0.25, -0.2) is 0 Å².